The SMILES string of the molecule is Cl.O=C(NCC(N1CCNCC1)C(F)(F)F)C1CCCCCC1. The van der Waals surface area contributed by atoms with Crippen molar-refractivity contribution in [2.75, 3.05) is 32.7 Å². The van der Waals surface area contributed by atoms with Gasteiger partial charge in [0.1, 0.15) is 6.04 Å². The van der Waals surface area contributed by atoms with Crippen LogP contribution in [-0.4, -0.2) is 55.7 Å². The van der Waals surface area contributed by atoms with E-state index < -0.39 is 12.2 Å². The van der Waals surface area contributed by atoms with Crippen LogP contribution in [0, 0.1) is 5.92 Å². The van der Waals surface area contributed by atoms with Crippen LogP contribution in [0.4, 0.5) is 13.2 Å². The van der Waals surface area contributed by atoms with Gasteiger partial charge >= 0.3 is 6.18 Å². The number of amides is 1. The Balaban J connectivity index is 0.00000264. The Morgan fingerprint density at radius 3 is 2.22 bits per heavy atom. The Morgan fingerprint density at radius 1 is 1.13 bits per heavy atom. The topological polar surface area (TPSA) is 44.4 Å². The molecule has 0 bridgehead atoms. The molecule has 1 saturated carbocycles. The van der Waals surface area contributed by atoms with Crippen molar-refractivity contribution in [2.24, 2.45) is 5.92 Å². The van der Waals surface area contributed by atoms with E-state index in [1.54, 1.807) is 0 Å². The molecule has 2 fully saturated rings. The van der Waals surface area contributed by atoms with E-state index >= 15 is 0 Å². The summed E-state index contributed by atoms with van der Waals surface area (Å²) in [5, 5.41) is 5.61. The van der Waals surface area contributed by atoms with Crippen LogP contribution >= 0.6 is 12.4 Å². The van der Waals surface area contributed by atoms with Gasteiger partial charge in [-0.05, 0) is 12.8 Å². The average Bonchev–Trinajstić information content (AvgIpc) is 2.76. The van der Waals surface area contributed by atoms with Crippen LogP contribution in [0.25, 0.3) is 0 Å². The summed E-state index contributed by atoms with van der Waals surface area (Å²) in [5.74, 6) is -0.314. The van der Waals surface area contributed by atoms with E-state index in [2.05, 4.69) is 10.6 Å². The lowest BCUT2D eigenvalue weighted by Crippen LogP contribution is -2.57. The quantitative estimate of drug-likeness (QED) is 0.759. The molecule has 2 N–H and O–H groups in total. The van der Waals surface area contributed by atoms with Gasteiger partial charge in [-0.3, -0.25) is 9.69 Å². The largest absolute Gasteiger partial charge is 0.405 e. The molecule has 2 rings (SSSR count). The molecule has 1 saturated heterocycles. The molecule has 1 atom stereocenters. The summed E-state index contributed by atoms with van der Waals surface area (Å²) in [4.78, 5) is 13.6. The lowest BCUT2D eigenvalue weighted by atomic mass is 9.99. The Labute approximate surface area is 142 Å². The highest BCUT2D eigenvalue weighted by Crippen LogP contribution is 2.26. The van der Waals surface area contributed by atoms with Gasteiger partial charge in [0.15, 0.2) is 0 Å². The fourth-order valence-corrected chi connectivity index (χ4v) is 3.33. The predicted octanol–water partition coefficient (Wildman–Crippen LogP) is 2.33. The van der Waals surface area contributed by atoms with Crippen molar-refractivity contribution in [2.45, 2.75) is 50.7 Å². The number of nitrogens with one attached hydrogen (secondary N) is 2. The first kappa shape index (κ1) is 20.5. The first-order valence-electron chi connectivity index (χ1n) is 8.27. The summed E-state index contributed by atoms with van der Waals surface area (Å²) in [6, 6.07) is -1.58. The maximum atomic E-state index is 13.2. The van der Waals surface area contributed by atoms with Crippen LogP contribution in [0.3, 0.4) is 0 Å². The summed E-state index contributed by atoms with van der Waals surface area (Å²) < 4.78 is 39.7. The Bertz CT molecular complexity index is 354. The number of carbonyl (C=O) groups is 1. The summed E-state index contributed by atoms with van der Waals surface area (Å²) in [7, 11) is 0. The van der Waals surface area contributed by atoms with Crippen LogP contribution in [0.5, 0.6) is 0 Å². The molecule has 136 valence electrons. The van der Waals surface area contributed by atoms with Crippen molar-refractivity contribution < 1.29 is 18.0 Å². The van der Waals surface area contributed by atoms with E-state index in [1.807, 2.05) is 0 Å². The number of piperazine rings is 1. The minimum absolute atomic E-state index is 0. The molecule has 4 nitrogen and oxygen atoms in total. The maximum Gasteiger partial charge on any atom is 0.405 e. The summed E-state index contributed by atoms with van der Waals surface area (Å²) in [6.45, 7) is 1.51. The van der Waals surface area contributed by atoms with Gasteiger partial charge in [-0.25, -0.2) is 0 Å². The van der Waals surface area contributed by atoms with E-state index in [0.29, 0.717) is 26.2 Å². The van der Waals surface area contributed by atoms with Crippen molar-refractivity contribution in [1.29, 1.82) is 0 Å². The lowest BCUT2D eigenvalue weighted by molar-refractivity contribution is -0.184. The molecule has 8 heteroatoms. The molecule has 0 aromatic heterocycles. The number of carbonyl (C=O) groups excluding carboxylic acids is 1. The second-order valence-corrected chi connectivity index (χ2v) is 6.28. The van der Waals surface area contributed by atoms with E-state index in [1.165, 1.54) is 4.90 Å². The molecule has 1 amide bonds. The molecule has 0 spiro atoms. The Hall–Kier alpha value is -0.530. The van der Waals surface area contributed by atoms with Crippen LogP contribution in [0.15, 0.2) is 0 Å². The van der Waals surface area contributed by atoms with Crippen LogP contribution < -0.4 is 10.6 Å². The van der Waals surface area contributed by atoms with Gasteiger partial charge in [-0.2, -0.15) is 13.2 Å². The smallest absolute Gasteiger partial charge is 0.354 e. The van der Waals surface area contributed by atoms with Gasteiger partial charge in [-0.15, -0.1) is 12.4 Å². The monoisotopic (exact) mass is 357 g/mol. The molecule has 1 aliphatic heterocycles. The number of halogens is 4. The Morgan fingerprint density at radius 2 is 1.70 bits per heavy atom. The van der Waals surface area contributed by atoms with Crippen LogP contribution in [0.1, 0.15) is 38.5 Å². The molecular formula is C15H27ClF3N3O. The summed E-state index contributed by atoms with van der Waals surface area (Å²) in [5.41, 5.74) is 0. The van der Waals surface area contributed by atoms with E-state index in [4.69, 9.17) is 0 Å². The van der Waals surface area contributed by atoms with Crippen molar-refractivity contribution in [3.63, 3.8) is 0 Å². The van der Waals surface area contributed by atoms with Crippen molar-refractivity contribution >= 4 is 18.3 Å². The maximum absolute atomic E-state index is 13.2. The molecule has 1 aliphatic carbocycles. The number of hydrogen-bond acceptors (Lipinski definition) is 3. The van der Waals surface area contributed by atoms with E-state index in [9.17, 15) is 18.0 Å². The van der Waals surface area contributed by atoms with Gasteiger partial charge in [-0.1, -0.05) is 25.7 Å². The normalized spacial score (nSPS) is 22.7. The zero-order valence-corrected chi connectivity index (χ0v) is 14.1. The number of rotatable bonds is 4. The van der Waals surface area contributed by atoms with Crippen molar-refractivity contribution in [3.8, 4) is 0 Å². The average molecular weight is 358 g/mol. The lowest BCUT2D eigenvalue weighted by Gasteiger charge is -2.36. The molecule has 2 aliphatic rings. The number of alkyl halides is 3. The molecular weight excluding hydrogens is 331 g/mol. The molecule has 1 unspecified atom stereocenters. The third-order valence-corrected chi connectivity index (χ3v) is 4.67. The third-order valence-electron chi connectivity index (χ3n) is 4.67. The minimum Gasteiger partial charge on any atom is -0.354 e. The zero-order valence-electron chi connectivity index (χ0n) is 13.3. The highest BCUT2D eigenvalue weighted by atomic mass is 35.5. The second kappa shape index (κ2) is 9.69. The molecule has 23 heavy (non-hydrogen) atoms. The highest BCUT2D eigenvalue weighted by molar-refractivity contribution is 5.85. The van der Waals surface area contributed by atoms with Gasteiger partial charge in [0.25, 0.3) is 0 Å². The fourth-order valence-electron chi connectivity index (χ4n) is 3.33. The Kier molecular flexibility index (Phi) is 8.64. The standard InChI is InChI=1S/C15H26F3N3O.ClH/c16-15(17,18)13(21-9-7-19-8-10-21)11-20-14(22)12-5-3-1-2-4-6-12;/h12-13,19H,1-11H2,(H,20,22);1H. The van der Waals surface area contributed by atoms with Crippen molar-refractivity contribution in [1.82, 2.24) is 15.5 Å². The van der Waals surface area contributed by atoms with Gasteiger partial charge in [0, 0.05) is 38.6 Å². The van der Waals surface area contributed by atoms with Gasteiger partial charge in [0.2, 0.25) is 5.91 Å². The van der Waals surface area contributed by atoms with E-state index in [0.717, 1.165) is 38.5 Å². The molecule has 0 aromatic rings. The molecule has 1 heterocycles. The van der Waals surface area contributed by atoms with Crippen LogP contribution in [0.2, 0.25) is 0 Å². The molecule has 0 aromatic carbocycles. The third kappa shape index (κ3) is 6.47. The predicted molar refractivity (Wildman–Crippen MR) is 85.7 cm³/mol. The van der Waals surface area contributed by atoms with Crippen LogP contribution in [-0.2, 0) is 4.79 Å². The summed E-state index contributed by atoms with van der Waals surface area (Å²) >= 11 is 0. The van der Waals surface area contributed by atoms with E-state index in [-0.39, 0.29) is 30.8 Å². The number of hydrogen-bond donors (Lipinski definition) is 2. The first-order valence-corrected chi connectivity index (χ1v) is 8.27. The first-order chi connectivity index (χ1) is 10.5. The minimum atomic E-state index is -4.31. The fraction of sp³-hybridized carbons (Fsp3) is 0.933. The second-order valence-electron chi connectivity index (χ2n) is 6.28. The summed E-state index contributed by atoms with van der Waals surface area (Å²) in [6.07, 6.45) is 1.53. The van der Waals surface area contributed by atoms with Gasteiger partial charge in [0.05, 0.1) is 0 Å². The zero-order chi connectivity index (χ0) is 16.0. The van der Waals surface area contributed by atoms with Gasteiger partial charge < -0.3 is 10.6 Å². The molecule has 0 radical (unpaired) electrons. The number of nitrogens with zero attached hydrogens (tertiary/aromatic N) is 1. The van der Waals surface area contributed by atoms with Crippen molar-refractivity contribution in [3.05, 3.63) is 0 Å². The highest BCUT2D eigenvalue weighted by Gasteiger charge is 2.44.